The minimum Gasteiger partial charge on any atom is -0.481 e. The van der Waals surface area contributed by atoms with E-state index in [1.54, 1.807) is 0 Å². The van der Waals surface area contributed by atoms with Crippen LogP contribution in [0.2, 0.25) is 0 Å². The first-order valence-electron chi connectivity index (χ1n) is 6.94. The lowest BCUT2D eigenvalue weighted by atomic mass is 9.32. The van der Waals surface area contributed by atoms with Crippen molar-refractivity contribution in [2.24, 2.45) is 34.0 Å². The molecule has 5 atom stereocenters. The predicted molar refractivity (Wildman–Crippen MR) is 66.6 cm³/mol. The lowest BCUT2D eigenvalue weighted by Crippen LogP contribution is -2.66. The summed E-state index contributed by atoms with van der Waals surface area (Å²) in [4.78, 5) is 11.7. The summed E-state index contributed by atoms with van der Waals surface area (Å²) in [6.07, 6.45) is 4.74. The van der Waals surface area contributed by atoms with Gasteiger partial charge in [-0.05, 0) is 53.8 Å². The van der Waals surface area contributed by atoms with Crippen LogP contribution in [0.25, 0.3) is 0 Å². The van der Waals surface area contributed by atoms with E-state index in [4.69, 9.17) is 0 Å². The summed E-state index contributed by atoms with van der Waals surface area (Å²) in [5.41, 5.74) is 0.508. The zero-order valence-electron chi connectivity index (χ0n) is 11.4. The first kappa shape index (κ1) is 11.6. The van der Waals surface area contributed by atoms with E-state index in [0.29, 0.717) is 11.3 Å². The predicted octanol–water partition coefficient (Wildman–Crippen LogP) is 3.56. The molecule has 2 heteroatoms. The molecule has 0 spiro atoms. The second-order valence-corrected chi connectivity index (χ2v) is 7.89. The first-order chi connectivity index (χ1) is 7.71. The van der Waals surface area contributed by atoms with Gasteiger partial charge in [0.05, 0.1) is 5.92 Å². The number of rotatable bonds is 1. The molecule has 4 fully saturated rings. The third-order valence-corrected chi connectivity index (χ3v) is 7.16. The van der Waals surface area contributed by atoms with E-state index in [1.807, 2.05) is 0 Å². The highest BCUT2D eigenvalue weighted by atomic mass is 16.4. The molecule has 0 aliphatic heterocycles. The van der Waals surface area contributed by atoms with Gasteiger partial charge in [-0.1, -0.05) is 27.7 Å². The van der Waals surface area contributed by atoms with Crippen molar-refractivity contribution in [2.45, 2.75) is 53.4 Å². The zero-order valence-corrected chi connectivity index (χ0v) is 11.4. The number of carboxylic acid groups (broad SMARTS) is 1. The Labute approximate surface area is 104 Å². The summed E-state index contributed by atoms with van der Waals surface area (Å²) in [6.45, 7) is 9.30. The molecule has 0 saturated heterocycles. The SMILES string of the molecule is CC12CC3CC(C1)C(C(=O)O)C(C)(C3)C2(C)C. The van der Waals surface area contributed by atoms with Gasteiger partial charge in [-0.2, -0.15) is 0 Å². The fraction of sp³-hybridized carbons (Fsp3) is 0.933. The maximum atomic E-state index is 11.7. The van der Waals surface area contributed by atoms with Crippen LogP contribution in [0.15, 0.2) is 0 Å². The molecule has 0 aromatic heterocycles. The van der Waals surface area contributed by atoms with E-state index in [1.165, 1.54) is 6.42 Å². The highest BCUT2D eigenvalue weighted by molar-refractivity contribution is 5.72. The monoisotopic (exact) mass is 236 g/mol. The molecule has 4 aliphatic carbocycles. The molecule has 2 nitrogen and oxygen atoms in total. The number of carboxylic acids is 1. The molecular formula is C15H24O2. The molecule has 0 heterocycles. The zero-order chi connectivity index (χ0) is 12.6. The summed E-state index contributed by atoms with van der Waals surface area (Å²) in [6, 6.07) is 0. The van der Waals surface area contributed by atoms with Crippen LogP contribution in [0, 0.1) is 34.0 Å². The Hall–Kier alpha value is -0.530. The fourth-order valence-electron chi connectivity index (χ4n) is 5.87. The standard InChI is InChI=1S/C15H24O2/c1-13(2)14(3)6-9-5-10(8-14)11(12(16)17)15(13,4)7-9/h9-11H,5-8H2,1-4H3,(H,16,17). The lowest BCUT2D eigenvalue weighted by molar-refractivity contribution is -0.240. The minimum atomic E-state index is -0.548. The number of aliphatic carboxylic acids is 1. The summed E-state index contributed by atoms with van der Waals surface area (Å²) in [5, 5.41) is 9.63. The van der Waals surface area contributed by atoms with Crippen LogP contribution < -0.4 is 0 Å². The molecule has 4 rings (SSSR count). The van der Waals surface area contributed by atoms with Crippen LogP contribution in [0.1, 0.15) is 53.4 Å². The first-order valence-corrected chi connectivity index (χ1v) is 6.94. The Balaban J connectivity index is 2.14. The molecular weight excluding hydrogens is 212 g/mol. The highest BCUT2D eigenvalue weighted by Gasteiger charge is 2.69. The Morgan fingerprint density at radius 3 is 2.35 bits per heavy atom. The molecule has 17 heavy (non-hydrogen) atoms. The quantitative estimate of drug-likeness (QED) is 0.756. The molecule has 0 aromatic rings. The van der Waals surface area contributed by atoms with Gasteiger partial charge in [-0.25, -0.2) is 0 Å². The van der Waals surface area contributed by atoms with Crippen molar-refractivity contribution in [3.8, 4) is 0 Å². The molecule has 0 amide bonds. The van der Waals surface area contributed by atoms with Gasteiger partial charge in [0.25, 0.3) is 0 Å². The van der Waals surface area contributed by atoms with Crippen LogP contribution in [-0.4, -0.2) is 11.1 Å². The Morgan fingerprint density at radius 2 is 1.76 bits per heavy atom. The lowest BCUT2D eigenvalue weighted by Gasteiger charge is -2.71. The second-order valence-electron chi connectivity index (χ2n) is 7.89. The van der Waals surface area contributed by atoms with Gasteiger partial charge < -0.3 is 5.11 Å². The smallest absolute Gasteiger partial charge is 0.307 e. The van der Waals surface area contributed by atoms with E-state index >= 15 is 0 Å². The molecule has 96 valence electrons. The van der Waals surface area contributed by atoms with Crippen LogP contribution >= 0.6 is 0 Å². The average Bonchev–Trinajstić information content (AvgIpc) is 2.12. The average molecular weight is 236 g/mol. The van der Waals surface area contributed by atoms with Gasteiger partial charge in [-0.15, -0.1) is 0 Å². The van der Waals surface area contributed by atoms with Crippen molar-refractivity contribution in [2.75, 3.05) is 0 Å². The van der Waals surface area contributed by atoms with Crippen molar-refractivity contribution in [1.82, 2.24) is 0 Å². The fourth-order valence-corrected chi connectivity index (χ4v) is 5.87. The van der Waals surface area contributed by atoms with Crippen molar-refractivity contribution < 1.29 is 9.90 Å². The van der Waals surface area contributed by atoms with Crippen molar-refractivity contribution >= 4 is 5.97 Å². The van der Waals surface area contributed by atoms with Crippen molar-refractivity contribution in [3.05, 3.63) is 0 Å². The summed E-state index contributed by atoms with van der Waals surface area (Å²) < 4.78 is 0. The minimum absolute atomic E-state index is 0.00231. The van der Waals surface area contributed by atoms with E-state index < -0.39 is 5.97 Å². The van der Waals surface area contributed by atoms with Crippen LogP contribution in [-0.2, 0) is 4.79 Å². The van der Waals surface area contributed by atoms with Crippen LogP contribution in [0.5, 0.6) is 0 Å². The number of carbonyl (C=O) groups is 1. The third kappa shape index (κ3) is 1.10. The van der Waals surface area contributed by atoms with Gasteiger partial charge in [0.1, 0.15) is 0 Å². The van der Waals surface area contributed by atoms with Gasteiger partial charge in [0, 0.05) is 0 Å². The van der Waals surface area contributed by atoms with Gasteiger partial charge >= 0.3 is 5.97 Å². The van der Waals surface area contributed by atoms with E-state index in [9.17, 15) is 9.90 Å². The highest BCUT2D eigenvalue weighted by Crippen LogP contribution is 2.75. The van der Waals surface area contributed by atoms with Crippen LogP contribution in [0.3, 0.4) is 0 Å². The Kier molecular flexibility index (Phi) is 1.97. The molecule has 4 bridgehead atoms. The van der Waals surface area contributed by atoms with E-state index in [2.05, 4.69) is 27.7 Å². The Bertz CT molecular complexity index is 386. The molecule has 5 unspecified atom stereocenters. The molecule has 4 aliphatic rings. The Morgan fingerprint density at radius 1 is 1.12 bits per heavy atom. The van der Waals surface area contributed by atoms with Crippen LogP contribution in [0.4, 0.5) is 0 Å². The second kappa shape index (κ2) is 2.89. The molecule has 0 radical (unpaired) electrons. The van der Waals surface area contributed by atoms with Gasteiger partial charge in [-0.3, -0.25) is 4.79 Å². The van der Waals surface area contributed by atoms with Crippen molar-refractivity contribution in [3.63, 3.8) is 0 Å². The molecule has 1 N–H and O–H groups in total. The summed E-state index contributed by atoms with van der Waals surface area (Å²) >= 11 is 0. The van der Waals surface area contributed by atoms with Gasteiger partial charge in [0.2, 0.25) is 0 Å². The van der Waals surface area contributed by atoms with Gasteiger partial charge in [0.15, 0.2) is 0 Å². The maximum Gasteiger partial charge on any atom is 0.307 e. The summed E-state index contributed by atoms with van der Waals surface area (Å²) in [5.74, 6) is 0.561. The third-order valence-electron chi connectivity index (χ3n) is 7.16. The van der Waals surface area contributed by atoms with Crippen molar-refractivity contribution in [1.29, 1.82) is 0 Å². The molecule has 0 aromatic carbocycles. The topological polar surface area (TPSA) is 37.3 Å². The maximum absolute atomic E-state index is 11.7. The summed E-state index contributed by atoms with van der Waals surface area (Å²) in [7, 11) is 0. The largest absolute Gasteiger partial charge is 0.481 e. The number of hydrogen-bond acceptors (Lipinski definition) is 1. The molecule has 4 saturated carbocycles. The normalized spacial score (nSPS) is 54.9. The number of hydrogen-bond donors (Lipinski definition) is 1. The van der Waals surface area contributed by atoms with E-state index in [0.717, 1.165) is 25.2 Å². The van der Waals surface area contributed by atoms with E-state index in [-0.39, 0.29) is 16.7 Å².